The summed E-state index contributed by atoms with van der Waals surface area (Å²) in [5, 5.41) is 12.0. The monoisotopic (exact) mass is 325 g/mol. The molecule has 0 aromatic carbocycles. The van der Waals surface area contributed by atoms with Crippen molar-refractivity contribution < 1.29 is 19.5 Å². The van der Waals surface area contributed by atoms with Gasteiger partial charge in [0, 0.05) is 17.9 Å². The summed E-state index contributed by atoms with van der Waals surface area (Å²) in [5.41, 5.74) is 2.27. The maximum absolute atomic E-state index is 11.9. The Kier molecular flexibility index (Phi) is 5.56. The lowest BCUT2D eigenvalue weighted by Crippen LogP contribution is -2.40. The van der Waals surface area contributed by atoms with Gasteiger partial charge in [-0.15, -0.1) is 6.58 Å². The second-order valence-corrected chi connectivity index (χ2v) is 6.00. The lowest BCUT2D eigenvalue weighted by atomic mass is 9.80. The van der Waals surface area contributed by atoms with Gasteiger partial charge in [0.15, 0.2) is 17.2 Å². The maximum Gasteiger partial charge on any atom is 0.178 e. The fourth-order valence-electron chi connectivity index (χ4n) is 2.53. The van der Waals surface area contributed by atoms with Crippen molar-refractivity contribution >= 4 is 22.6 Å². The van der Waals surface area contributed by atoms with Crippen LogP contribution in [0, 0.1) is 5.92 Å². The van der Waals surface area contributed by atoms with Crippen LogP contribution in [0.3, 0.4) is 0 Å². The summed E-state index contributed by atoms with van der Waals surface area (Å²) in [7, 11) is 0. The Balaban J connectivity index is 2.20. The summed E-state index contributed by atoms with van der Waals surface area (Å²) in [5.74, 6) is -0.208. The minimum Gasteiger partial charge on any atom is -0.410 e. The van der Waals surface area contributed by atoms with Crippen LogP contribution in [-0.4, -0.2) is 35.2 Å². The number of halogens is 1. The molecule has 0 amide bonds. The number of fused-ring (bicyclic) bond motifs is 1. The number of hydrogen-bond donors (Lipinski definition) is 1. The zero-order valence-electron chi connectivity index (χ0n) is 12.7. The third-order valence-electron chi connectivity index (χ3n) is 3.80. The van der Waals surface area contributed by atoms with Gasteiger partial charge in [-0.25, -0.2) is 0 Å². The SMILES string of the molecule is C=C(C)CCOC1C=C(/C(Cl)=N/O)[C@H]2CC(=O)C(C)=CC2O1. The first-order valence-corrected chi connectivity index (χ1v) is 7.53. The van der Waals surface area contributed by atoms with E-state index >= 15 is 0 Å². The van der Waals surface area contributed by atoms with E-state index in [0.717, 1.165) is 12.0 Å². The largest absolute Gasteiger partial charge is 0.410 e. The van der Waals surface area contributed by atoms with Crippen molar-refractivity contribution in [1.82, 2.24) is 0 Å². The highest BCUT2D eigenvalue weighted by Gasteiger charge is 2.38. The molecule has 1 aliphatic heterocycles. The average Bonchev–Trinajstić information content (AvgIpc) is 2.47. The first-order chi connectivity index (χ1) is 10.4. The molecule has 2 unspecified atom stereocenters. The molecule has 3 atom stereocenters. The van der Waals surface area contributed by atoms with Gasteiger partial charge in [-0.05, 0) is 38.0 Å². The average molecular weight is 326 g/mol. The standard InChI is InChI=1S/C16H20ClNO4/c1-9(2)4-5-21-15-8-12(16(17)18-20)11-7-13(19)10(3)6-14(11)22-15/h6,8,11,14-15,20H,1,4-5,7H2,2-3H3/b18-16-/t11-,14?,15?/m1/s1. The third-order valence-corrected chi connectivity index (χ3v) is 4.09. The third kappa shape index (κ3) is 3.85. The van der Waals surface area contributed by atoms with E-state index in [-0.39, 0.29) is 29.4 Å². The summed E-state index contributed by atoms with van der Waals surface area (Å²) in [6.45, 7) is 7.98. The van der Waals surface area contributed by atoms with E-state index in [2.05, 4.69) is 11.7 Å². The van der Waals surface area contributed by atoms with Crippen molar-refractivity contribution in [3.63, 3.8) is 0 Å². The Labute approximate surface area is 134 Å². The highest BCUT2D eigenvalue weighted by atomic mass is 35.5. The smallest absolute Gasteiger partial charge is 0.178 e. The van der Waals surface area contributed by atoms with Gasteiger partial charge in [0.05, 0.1) is 12.7 Å². The number of rotatable bonds is 5. The van der Waals surface area contributed by atoms with E-state index in [1.165, 1.54) is 0 Å². The predicted molar refractivity (Wildman–Crippen MR) is 84.1 cm³/mol. The number of carbonyl (C=O) groups excluding carboxylic acids is 1. The molecule has 2 aliphatic rings. The molecule has 6 heteroatoms. The van der Waals surface area contributed by atoms with Gasteiger partial charge in [0.2, 0.25) is 0 Å². The second-order valence-electron chi connectivity index (χ2n) is 5.64. The summed E-state index contributed by atoms with van der Waals surface area (Å²) in [6.07, 6.45) is 3.55. The number of hydrogen-bond acceptors (Lipinski definition) is 5. The van der Waals surface area contributed by atoms with Crippen molar-refractivity contribution in [3.05, 3.63) is 35.5 Å². The van der Waals surface area contributed by atoms with E-state index in [1.807, 2.05) is 6.92 Å². The minimum absolute atomic E-state index is 0.0347. The quantitative estimate of drug-likeness (QED) is 0.365. The summed E-state index contributed by atoms with van der Waals surface area (Å²) < 4.78 is 11.5. The Morgan fingerprint density at radius 1 is 1.59 bits per heavy atom. The fraction of sp³-hybridized carbons (Fsp3) is 0.500. The zero-order valence-corrected chi connectivity index (χ0v) is 13.5. The Morgan fingerprint density at radius 2 is 2.32 bits per heavy atom. The van der Waals surface area contributed by atoms with Gasteiger partial charge in [0.1, 0.15) is 0 Å². The molecule has 2 rings (SSSR count). The molecule has 1 aliphatic carbocycles. The number of nitrogens with zero attached hydrogens (tertiary/aromatic N) is 1. The Hall–Kier alpha value is -1.43. The molecule has 0 aromatic rings. The molecule has 0 aromatic heterocycles. The molecule has 5 nitrogen and oxygen atoms in total. The van der Waals surface area contributed by atoms with Crippen molar-refractivity contribution in [3.8, 4) is 0 Å². The molecule has 1 heterocycles. The van der Waals surface area contributed by atoms with Gasteiger partial charge in [-0.2, -0.15) is 0 Å². The summed E-state index contributed by atoms with van der Waals surface area (Å²) in [4.78, 5) is 11.9. The lowest BCUT2D eigenvalue weighted by molar-refractivity contribution is -0.151. The molecule has 0 radical (unpaired) electrons. The minimum atomic E-state index is -0.594. The molecular weight excluding hydrogens is 306 g/mol. The Bertz CT molecular complexity index is 564. The van der Waals surface area contributed by atoms with Gasteiger partial charge >= 0.3 is 0 Å². The molecule has 0 fully saturated rings. The van der Waals surface area contributed by atoms with E-state index in [0.29, 0.717) is 17.8 Å². The predicted octanol–water partition coefficient (Wildman–Crippen LogP) is 3.18. The number of ether oxygens (including phenoxy) is 2. The van der Waals surface area contributed by atoms with Crippen LogP contribution in [0.15, 0.2) is 40.6 Å². The zero-order chi connectivity index (χ0) is 16.3. The van der Waals surface area contributed by atoms with Crippen LogP contribution >= 0.6 is 11.6 Å². The number of oxime groups is 1. The number of carbonyl (C=O) groups is 1. The van der Waals surface area contributed by atoms with Gasteiger partial charge < -0.3 is 14.7 Å². The van der Waals surface area contributed by atoms with Crippen LogP contribution < -0.4 is 0 Å². The van der Waals surface area contributed by atoms with E-state index in [1.54, 1.807) is 19.1 Å². The van der Waals surface area contributed by atoms with Gasteiger partial charge in [0.25, 0.3) is 0 Å². The molecule has 22 heavy (non-hydrogen) atoms. The van der Waals surface area contributed by atoms with Crippen molar-refractivity contribution in [2.75, 3.05) is 6.61 Å². The Morgan fingerprint density at radius 3 is 2.95 bits per heavy atom. The van der Waals surface area contributed by atoms with Crippen LogP contribution in [0.4, 0.5) is 0 Å². The highest BCUT2D eigenvalue weighted by molar-refractivity contribution is 6.69. The van der Waals surface area contributed by atoms with Crippen LogP contribution in [0.25, 0.3) is 0 Å². The van der Waals surface area contributed by atoms with Crippen LogP contribution in [0.5, 0.6) is 0 Å². The van der Waals surface area contributed by atoms with E-state index < -0.39 is 6.29 Å². The second kappa shape index (κ2) is 7.22. The number of allylic oxidation sites excluding steroid dienone is 1. The summed E-state index contributed by atoms with van der Waals surface area (Å²) in [6, 6.07) is 0. The van der Waals surface area contributed by atoms with E-state index in [4.69, 9.17) is 26.3 Å². The number of ketones is 1. The van der Waals surface area contributed by atoms with E-state index in [9.17, 15) is 4.79 Å². The van der Waals surface area contributed by atoms with Crippen LogP contribution in [0.1, 0.15) is 26.7 Å². The van der Waals surface area contributed by atoms with Crippen molar-refractivity contribution in [2.24, 2.45) is 11.1 Å². The fourth-order valence-corrected chi connectivity index (χ4v) is 2.74. The molecule has 0 spiro atoms. The van der Waals surface area contributed by atoms with Gasteiger partial charge in [-0.1, -0.05) is 22.3 Å². The topological polar surface area (TPSA) is 68.1 Å². The molecule has 120 valence electrons. The van der Waals surface area contributed by atoms with Gasteiger partial charge in [-0.3, -0.25) is 4.79 Å². The van der Waals surface area contributed by atoms with Crippen LogP contribution in [0.2, 0.25) is 0 Å². The first-order valence-electron chi connectivity index (χ1n) is 7.15. The van der Waals surface area contributed by atoms with Crippen molar-refractivity contribution in [1.29, 1.82) is 0 Å². The maximum atomic E-state index is 11.9. The molecule has 0 saturated carbocycles. The molecular formula is C16H20ClNO4. The molecule has 0 saturated heterocycles. The lowest BCUT2D eigenvalue weighted by Gasteiger charge is -2.36. The molecule has 1 N–H and O–H groups in total. The van der Waals surface area contributed by atoms with Crippen LogP contribution in [-0.2, 0) is 14.3 Å². The first kappa shape index (κ1) is 16.9. The summed E-state index contributed by atoms with van der Waals surface area (Å²) >= 11 is 5.97. The highest BCUT2D eigenvalue weighted by Crippen LogP contribution is 2.36. The molecule has 0 bridgehead atoms. The normalized spacial score (nSPS) is 28.8. The number of Topliss-reactive ketones (excluding diaryl/α,β-unsaturated/α-hetero) is 1. The van der Waals surface area contributed by atoms with Crippen molar-refractivity contribution in [2.45, 2.75) is 39.1 Å².